The number of benzene rings is 2. The minimum absolute atomic E-state index is 0.0375. The van der Waals surface area contributed by atoms with Gasteiger partial charge in [0.05, 0.1) is 0 Å². The van der Waals surface area contributed by atoms with Crippen LogP contribution in [-0.2, 0) is 14.4 Å². The molecule has 1 saturated heterocycles. The largest absolute Gasteiger partial charge is 0.483 e. The first-order chi connectivity index (χ1) is 13.4. The van der Waals surface area contributed by atoms with E-state index < -0.39 is 11.8 Å². The van der Waals surface area contributed by atoms with Gasteiger partial charge in [0.1, 0.15) is 11.3 Å². The molecule has 0 unspecified atom stereocenters. The van der Waals surface area contributed by atoms with Crippen LogP contribution in [0.5, 0.6) is 5.75 Å². The number of nitrogens with one attached hydrogen (secondary N) is 3. The predicted octanol–water partition coefficient (Wildman–Crippen LogP) is 1.93. The molecule has 1 heterocycles. The van der Waals surface area contributed by atoms with Crippen LogP contribution in [0.1, 0.15) is 11.1 Å². The van der Waals surface area contributed by atoms with E-state index in [2.05, 4.69) is 16.0 Å². The molecule has 1 fully saturated rings. The summed E-state index contributed by atoms with van der Waals surface area (Å²) in [5, 5.41) is 7.45. The number of ether oxygens (including phenoxy) is 1. The number of rotatable bonds is 5. The number of carbonyl (C=O) groups is 3. The maximum Gasteiger partial charge on any atom is 0.263 e. The summed E-state index contributed by atoms with van der Waals surface area (Å²) in [4.78, 5) is 36.1. The Bertz CT molecular complexity index is 978. The van der Waals surface area contributed by atoms with Crippen molar-refractivity contribution in [3.63, 3.8) is 0 Å². The van der Waals surface area contributed by atoms with Crippen molar-refractivity contribution in [1.82, 2.24) is 10.6 Å². The topological polar surface area (TPSA) is 96.5 Å². The van der Waals surface area contributed by atoms with Crippen molar-refractivity contribution in [3.8, 4) is 5.75 Å². The van der Waals surface area contributed by atoms with E-state index in [1.165, 1.54) is 6.08 Å². The van der Waals surface area contributed by atoms with E-state index >= 15 is 0 Å². The van der Waals surface area contributed by atoms with Gasteiger partial charge in [-0.3, -0.25) is 25.0 Å². The molecule has 2 aromatic carbocycles. The van der Waals surface area contributed by atoms with Crippen LogP contribution in [0.2, 0.25) is 0 Å². The van der Waals surface area contributed by atoms with Crippen molar-refractivity contribution in [2.45, 2.75) is 6.92 Å². The second-order valence-corrected chi connectivity index (χ2v) is 6.45. The normalized spacial score (nSPS) is 13.5. The second-order valence-electron chi connectivity index (χ2n) is 6.04. The van der Waals surface area contributed by atoms with Crippen molar-refractivity contribution in [1.29, 1.82) is 0 Å². The zero-order valence-corrected chi connectivity index (χ0v) is 15.8. The Morgan fingerprint density at radius 3 is 2.54 bits per heavy atom. The number of para-hydroxylation sites is 1. The lowest BCUT2D eigenvalue weighted by molar-refractivity contribution is -0.123. The number of hydrogen-bond acceptors (Lipinski definition) is 5. The van der Waals surface area contributed by atoms with Crippen molar-refractivity contribution >= 4 is 46.8 Å². The zero-order valence-electron chi connectivity index (χ0n) is 14.9. The summed E-state index contributed by atoms with van der Waals surface area (Å²) in [7, 11) is 0. The van der Waals surface area contributed by atoms with Gasteiger partial charge in [-0.1, -0.05) is 30.3 Å². The van der Waals surface area contributed by atoms with Crippen LogP contribution in [0.4, 0.5) is 5.69 Å². The summed E-state index contributed by atoms with van der Waals surface area (Å²) >= 11 is 4.77. The van der Waals surface area contributed by atoms with E-state index in [9.17, 15) is 14.4 Å². The second kappa shape index (κ2) is 8.45. The molecule has 3 N–H and O–H groups in total. The number of amides is 3. The summed E-state index contributed by atoms with van der Waals surface area (Å²) in [6, 6.07) is 14.2. The molecule has 1 aliphatic heterocycles. The van der Waals surface area contributed by atoms with E-state index in [1.807, 2.05) is 25.1 Å². The van der Waals surface area contributed by atoms with Gasteiger partial charge in [-0.15, -0.1) is 0 Å². The molecular weight excluding hydrogens is 378 g/mol. The van der Waals surface area contributed by atoms with Crippen LogP contribution in [0.25, 0.3) is 6.08 Å². The highest BCUT2D eigenvalue weighted by molar-refractivity contribution is 7.80. The van der Waals surface area contributed by atoms with E-state index in [-0.39, 0.29) is 23.2 Å². The molecule has 1 aliphatic rings. The standard InChI is InChI=1S/C20H17N3O4S/c1-12-5-4-7-14(9-12)21-17(24)11-27-16-8-3-2-6-13(16)10-15-18(25)22-20(28)23-19(15)26/h2-10H,11H2,1H3,(H,21,24)(H2,22,23,25,26,28). The average Bonchev–Trinajstić information content (AvgIpc) is 2.64. The van der Waals surface area contributed by atoms with Gasteiger partial charge in [0.2, 0.25) is 0 Å². The van der Waals surface area contributed by atoms with Crippen LogP contribution in [0.15, 0.2) is 54.1 Å². The van der Waals surface area contributed by atoms with Crippen LogP contribution in [-0.4, -0.2) is 29.4 Å². The Morgan fingerprint density at radius 1 is 1.11 bits per heavy atom. The molecule has 0 aromatic heterocycles. The summed E-state index contributed by atoms with van der Waals surface area (Å²) in [6.07, 6.45) is 1.39. The Balaban J connectivity index is 1.71. The van der Waals surface area contributed by atoms with Gasteiger partial charge in [0, 0.05) is 11.3 Å². The van der Waals surface area contributed by atoms with Crippen LogP contribution >= 0.6 is 12.2 Å². The number of hydrogen-bond donors (Lipinski definition) is 3. The molecule has 0 bridgehead atoms. The maximum atomic E-state index is 12.1. The van der Waals surface area contributed by atoms with Gasteiger partial charge in [-0.25, -0.2) is 0 Å². The lowest BCUT2D eigenvalue weighted by Gasteiger charge is -2.17. The fourth-order valence-corrected chi connectivity index (χ4v) is 2.74. The Kier molecular flexibility index (Phi) is 5.81. The molecule has 28 heavy (non-hydrogen) atoms. The van der Waals surface area contributed by atoms with E-state index in [1.54, 1.807) is 30.3 Å². The predicted molar refractivity (Wildman–Crippen MR) is 109 cm³/mol. The van der Waals surface area contributed by atoms with Crippen molar-refractivity contribution in [3.05, 3.63) is 65.2 Å². The van der Waals surface area contributed by atoms with Gasteiger partial charge >= 0.3 is 0 Å². The van der Waals surface area contributed by atoms with Gasteiger partial charge in [0.25, 0.3) is 17.7 Å². The van der Waals surface area contributed by atoms with E-state index in [0.717, 1.165) is 5.56 Å². The third-order valence-corrected chi connectivity index (χ3v) is 4.03. The molecule has 3 rings (SSSR count). The highest BCUT2D eigenvalue weighted by atomic mass is 32.1. The first-order valence-corrected chi connectivity index (χ1v) is 8.80. The Morgan fingerprint density at radius 2 is 1.82 bits per heavy atom. The summed E-state index contributed by atoms with van der Waals surface area (Å²) < 4.78 is 5.59. The van der Waals surface area contributed by atoms with Crippen molar-refractivity contribution in [2.75, 3.05) is 11.9 Å². The van der Waals surface area contributed by atoms with Crippen molar-refractivity contribution < 1.29 is 19.1 Å². The molecule has 2 aromatic rings. The molecule has 7 nitrogen and oxygen atoms in total. The third kappa shape index (κ3) is 4.80. The minimum atomic E-state index is -0.597. The number of anilines is 1. The number of thiocarbonyl (C=S) groups is 1. The Hall–Kier alpha value is -3.52. The molecule has 3 amide bonds. The lowest BCUT2D eigenvalue weighted by atomic mass is 10.1. The van der Waals surface area contributed by atoms with Gasteiger partial charge in [-0.2, -0.15) is 0 Å². The lowest BCUT2D eigenvalue weighted by Crippen LogP contribution is -2.51. The average molecular weight is 395 g/mol. The summed E-state index contributed by atoms with van der Waals surface area (Å²) in [5.74, 6) is -1.16. The summed E-state index contributed by atoms with van der Waals surface area (Å²) in [5.41, 5.74) is 2.09. The highest BCUT2D eigenvalue weighted by Crippen LogP contribution is 2.22. The monoisotopic (exact) mass is 395 g/mol. The molecule has 0 aliphatic carbocycles. The summed E-state index contributed by atoms with van der Waals surface area (Å²) in [6.45, 7) is 1.71. The fourth-order valence-electron chi connectivity index (χ4n) is 2.56. The van der Waals surface area contributed by atoms with Crippen LogP contribution in [0.3, 0.4) is 0 Å². The molecule has 0 spiro atoms. The van der Waals surface area contributed by atoms with E-state index in [0.29, 0.717) is 17.0 Å². The number of carbonyl (C=O) groups excluding carboxylic acids is 3. The van der Waals surface area contributed by atoms with E-state index in [4.69, 9.17) is 17.0 Å². The first kappa shape index (κ1) is 19.2. The number of aryl methyl sites for hydroxylation is 1. The van der Waals surface area contributed by atoms with Gasteiger partial charge in [0.15, 0.2) is 11.7 Å². The fraction of sp³-hybridized carbons (Fsp3) is 0.100. The highest BCUT2D eigenvalue weighted by Gasteiger charge is 2.26. The first-order valence-electron chi connectivity index (χ1n) is 8.39. The molecule has 142 valence electrons. The molecule has 0 saturated carbocycles. The zero-order chi connectivity index (χ0) is 20.1. The smallest absolute Gasteiger partial charge is 0.263 e. The minimum Gasteiger partial charge on any atom is -0.483 e. The molecule has 0 radical (unpaired) electrons. The molecular formula is C20H17N3O4S. The molecule has 8 heteroatoms. The van der Waals surface area contributed by atoms with Crippen LogP contribution in [0, 0.1) is 6.92 Å². The van der Waals surface area contributed by atoms with Crippen molar-refractivity contribution in [2.24, 2.45) is 0 Å². The SMILES string of the molecule is Cc1cccc(NC(=O)COc2ccccc2C=C2C(=O)NC(=S)NC2=O)c1. The Labute approximate surface area is 166 Å². The van der Waals surface area contributed by atoms with Gasteiger partial charge < -0.3 is 10.1 Å². The van der Waals surface area contributed by atoms with Gasteiger partial charge in [-0.05, 0) is 49.0 Å². The maximum absolute atomic E-state index is 12.1. The van der Waals surface area contributed by atoms with Crippen LogP contribution < -0.4 is 20.7 Å². The third-order valence-electron chi connectivity index (χ3n) is 3.82. The molecule has 0 atom stereocenters. The quantitative estimate of drug-likeness (QED) is 0.408.